The van der Waals surface area contributed by atoms with Crippen molar-refractivity contribution in [2.75, 3.05) is 0 Å². The van der Waals surface area contributed by atoms with Crippen LogP contribution in [0.1, 0.15) is 13.8 Å². The molecule has 0 saturated carbocycles. The Morgan fingerprint density at radius 2 is 2.00 bits per heavy atom. The maximum atomic E-state index is 3.65. The average Bonchev–Trinajstić information content (AvgIpc) is 1.61. The Labute approximate surface area is 82.9 Å². The molecule has 0 saturated heterocycles. The number of allylic oxidation sites excluding steroid dienone is 1. The number of halogens is 1. The first-order chi connectivity index (χ1) is 3.27. The molecule has 9 heavy (non-hydrogen) atoms. The smallest absolute Gasteiger partial charge is 1.00 e. The number of hydrogen-bond acceptors (Lipinski definition) is 0. The van der Waals surface area contributed by atoms with Crippen LogP contribution in [0.15, 0.2) is 12.7 Å². The van der Waals surface area contributed by atoms with E-state index in [1.807, 2.05) is 6.08 Å². The van der Waals surface area contributed by atoms with Crippen LogP contribution in [-0.2, 0) is 0 Å². The summed E-state index contributed by atoms with van der Waals surface area (Å²) in [6.07, 6.45) is 2.01. The van der Waals surface area contributed by atoms with E-state index in [2.05, 4.69) is 20.4 Å². The molecular formula is C6H13ClMgSi. The Kier molecular flexibility index (Phi) is 21.6. The van der Waals surface area contributed by atoms with Crippen LogP contribution in [0.2, 0.25) is 6.04 Å². The first kappa shape index (κ1) is 16.5. The fourth-order valence-electron chi connectivity index (χ4n) is 0.391. The molecular weight excluding hydrogens is 160 g/mol. The van der Waals surface area contributed by atoms with Crippen molar-refractivity contribution < 1.29 is 12.4 Å². The Morgan fingerprint density at radius 1 is 1.56 bits per heavy atom. The van der Waals surface area contributed by atoms with Crippen LogP contribution in [0.4, 0.5) is 0 Å². The molecule has 0 atom stereocenters. The van der Waals surface area contributed by atoms with Crippen molar-refractivity contribution in [3.63, 3.8) is 0 Å². The summed E-state index contributed by atoms with van der Waals surface area (Å²) < 4.78 is 0. The first-order valence-electron chi connectivity index (χ1n) is 2.67. The molecule has 0 amide bonds. The SMILES string of the molecule is C=CC[SiH2][C-](C)C.[Cl-].[Mg+2]. The van der Waals surface area contributed by atoms with Gasteiger partial charge in [0, 0.05) is 0 Å². The van der Waals surface area contributed by atoms with E-state index in [4.69, 9.17) is 0 Å². The molecule has 0 nitrogen and oxygen atoms in total. The van der Waals surface area contributed by atoms with Crippen molar-refractivity contribution in [3.8, 4) is 0 Å². The van der Waals surface area contributed by atoms with Crippen LogP contribution >= 0.6 is 0 Å². The zero-order valence-corrected chi connectivity index (χ0v) is 9.87. The van der Waals surface area contributed by atoms with Crippen molar-refractivity contribution in [1.82, 2.24) is 0 Å². The first-order valence-corrected chi connectivity index (χ1v) is 4.38. The average molecular weight is 173 g/mol. The minimum Gasteiger partial charge on any atom is -1.00 e. The van der Waals surface area contributed by atoms with Crippen molar-refractivity contribution in [1.29, 1.82) is 0 Å². The van der Waals surface area contributed by atoms with Gasteiger partial charge >= 0.3 is 23.1 Å². The third-order valence-electron chi connectivity index (χ3n) is 0.848. The molecule has 0 rings (SSSR count). The van der Waals surface area contributed by atoms with Crippen molar-refractivity contribution in [2.45, 2.75) is 19.9 Å². The summed E-state index contributed by atoms with van der Waals surface area (Å²) in [5, 5.41) is 0. The van der Waals surface area contributed by atoms with E-state index < -0.39 is 0 Å². The molecule has 0 aromatic carbocycles. The van der Waals surface area contributed by atoms with E-state index in [1.165, 1.54) is 6.04 Å². The van der Waals surface area contributed by atoms with Crippen molar-refractivity contribution >= 4 is 32.6 Å². The molecule has 50 valence electrons. The van der Waals surface area contributed by atoms with Crippen LogP contribution in [0, 0.1) is 5.54 Å². The molecule has 0 aliphatic heterocycles. The topological polar surface area (TPSA) is 0 Å². The van der Waals surface area contributed by atoms with Gasteiger partial charge in [0.15, 0.2) is 0 Å². The molecule has 0 N–H and O–H groups in total. The predicted molar refractivity (Wildman–Crippen MR) is 43.9 cm³/mol. The second kappa shape index (κ2) is 11.8. The molecule has 0 aliphatic rings. The van der Waals surface area contributed by atoms with Gasteiger partial charge in [0.2, 0.25) is 0 Å². The maximum absolute atomic E-state index is 3.65. The Balaban J connectivity index is -0.000000180. The van der Waals surface area contributed by atoms with Crippen LogP contribution in [-0.4, -0.2) is 32.6 Å². The zero-order chi connectivity index (χ0) is 5.70. The Bertz CT molecular complexity index is 57.0. The van der Waals surface area contributed by atoms with E-state index in [9.17, 15) is 0 Å². The zero-order valence-electron chi connectivity index (χ0n) is 6.28. The van der Waals surface area contributed by atoms with Crippen LogP contribution < -0.4 is 12.4 Å². The summed E-state index contributed by atoms with van der Waals surface area (Å²) in [5.41, 5.74) is 1.62. The summed E-state index contributed by atoms with van der Waals surface area (Å²) in [5.74, 6) is 0. The third-order valence-corrected chi connectivity index (χ3v) is 2.55. The summed E-state index contributed by atoms with van der Waals surface area (Å²) in [6, 6.07) is 1.27. The maximum Gasteiger partial charge on any atom is 2.00 e. The van der Waals surface area contributed by atoms with Crippen LogP contribution in [0.5, 0.6) is 0 Å². The van der Waals surface area contributed by atoms with E-state index in [1.54, 1.807) is 5.54 Å². The second-order valence-electron chi connectivity index (χ2n) is 2.03. The summed E-state index contributed by atoms with van der Waals surface area (Å²) >= 11 is 0. The van der Waals surface area contributed by atoms with Crippen LogP contribution in [0.25, 0.3) is 0 Å². The summed E-state index contributed by atoms with van der Waals surface area (Å²) in [4.78, 5) is 0. The van der Waals surface area contributed by atoms with Gasteiger partial charge in [-0.15, -0.1) is 16.1 Å². The van der Waals surface area contributed by atoms with E-state index >= 15 is 0 Å². The fourth-order valence-corrected chi connectivity index (χ4v) is 1.17. The van der Waals surface area contributed by atoms with Gasteiger partial charge in [0.05, 0.1) is 0 Å². The monoisotopic (exact) mass is 172 g/mol. The Morgan fingerprint density at radius 3 is 2.11 bits per heavy atom. The van der Waals surface area contributed by atoms with Crippen molar-refractivity contribution in [3.05, 3.63) is 18.2 Å². The molecule has 0 spiro atoms. The van der Waals surface area contributed by atoms with Gasteiger partial charge in [-0.2, -0.15) is 13.8 Å². The van der Waals surface area contributed by atoms with Gasteiger partial charge in [-0.05, 0) is 0 Å². The van der Waals surface area contributed by atoms with Gasteiger partial charge < -0.3 is 17.9 Å². The molecule has 0 unspecified atom stereocenters. The number of rotatable bonds is 3. The van der Waals surface area contributed by atoms with E-state index in [-0.39, 0.29) is 45.0 Å². The molecule has 0 aliphatic carbocycles. The quantitative estimate of drug-likeness (QED) is 0.262. The normalized spacial score (nSPS) is 8.78. The number of hydrogen-bond donors (Lipinski definition) is 0. The molecule has 0 heterocycles. The van der Waals surface area contributed by atoms with E-state index in [0.717, 1.165) is 0 Å². The molecule has 3 heteroatoms. The molecule has 0 bridgehead atoms. The van der Waals surface area contributed by atoms with Gasteiger partial charge in [-0.3, -0.25) is 0 Å². The minimum atomic E-state index is 0. The second-order valence-corrected chi connectivity index (χ2v) is 4.53. The molecule has 0 aromatic heterocycles. The van der Waals surface area contributed by atoms with Gasteiger partial charge in [-0.1, -0.05) is 12.1 Å². The molecule has 0 radical (unpaired) electrons. The molecule has 0 fully saturated rings. The summed E-state index contributed by atoms with van der Waals surface area (Å²) in [7, 11) is 0.145. The van der Waals surface area contributed by atoms with Crippen LogP contribution in [0.3, 0.4) is 0 Å². The van der Waals surface area contributed by atoms with Gasteiger partial charge in [0.25, 0.3) is 0 Å². The third kappa shape index (κ3) is 17.6. The minimum absolute atomic E-state index is 0. The molecule has 0 aromatic rings. The van der Waals surface area contributed by atoms with Crippen molar-refractivity contribution in [2.24, 2.45) is 0 Å². The predicted octanol–water partition coefficient (Wildman–Crippen LogP) is -2.05. The Hall–Kier alpha value is 1.01. The fraction of sp³-hybridized carbons (Fsp3) is 0.500. The van der Waals surface area contributed by atoms with E-state index in [0.29, 0.717) is 0 Å². The summed E-state index contributed by atoms with van der Waals surface area (Å²) in [6.45, 7) is 8.06. The largest absolute Gasteiger partial charge is 2.00 e. The standard InChI is InChI=1S/C6H13Si.ClH.Mg/c1-4-5-7-6(2)3;;/h4H,1,5,7H2,2-3H3;1H;/q-1;;+2/p-1. The van der Waals surface area contributed by atoms with Gasteiger partial charge in [-0.25, -0.2) is 0 Å². The van der Waals surface area contributed by atoms with Gasteiger partial charge in [0.1, 0.15) is 0 Å².